The van der Waals surface area contributed by atoms with Crippen LogP contribution in [0.25, 0.3) is 0 Å². The van der Waals surface area contributed by atoms with Crippen molar-refractivity contribution in [1.82, 2.24) is 5.32 Å². The molecule has 0 spiro atoms. The van der Waals surface area contributed by atoms with Crippen molar-refractivity contribution in [2.75, 3.05) is 13.3 Å². The van der Waals surface area contributed by atoms with Crippen LogP contribution in [0.2, 0.25) is 0 Å². The van der Waals surface area contributed by atoms with Gasteiger partial charge in [0.05, 0.1) is 4.90 Å². The number of sulfone groups is 1. The number of hydrogen-bond donors (Lipinski definition) is 1. The monoisotopic (exact) mass is 321 g/mol. The predicted molar refractivity (Wildman–Crippen MR) is 87.6 cm³/mol. The molecule has 0 amide bonds. The topological polar surface area (TPSA) is 46.2 Å². The highest BCUT2D eigenvalue weighted by molar-refractivity contribution is 7.99. The smallest absolute Gasteiger partial charge is 0.175 e. The van der Waals surface area contributed by atoms with E-state index in [1.54, 1.807) is 23.9 Å². The number of nitrogens with one attached hydrogen (secondary N) is 1. The van der Waals surface area contributed by atoms with Gasteiger partial charge >= 0.3 is 0 Å². The fourth-order valence-electron chi connectivity index (χ4n) is 2.02. The van der Waals surface area contributed by atoms with Crippen LogP contribution in [-0.4, -0.2) is 21.7 Å². The van der Waals surface area contributed by atoms with E-state index in [2.05, 4.69) is 30.4 Å². The summed E-state index contributed by atoms with van der Waals surface area (Å²) >= 11 is 1.65. The zero-order valence-electron chi connectivity index (χ0n) is 12.4. The summed E-state index contributed by atoms with van der Waals surface area (Å²) < 4.78 is 22.9. The largest absolute Gasteiger partial charge is 0.316 e. The molecule has 2 aromatic rings. The summed E-state index contributed by atoms with van der Waals surface area (Å²) in [7, 11) is -1.20. The summed E-state index contributed by atoms with van der Waals surface area (Å²) in [5.74, 6) is 0. The fraction of sp³-hybridized carbons (Fsp3) is 0.250. The normalized spacial score (nSPS) is 11.6. The number of hydrogen-bond acceptors (Lipinski definition) is 4. The van der Waals surface area contributed by atoms with Gasteiger partial charge in [-0.05, 0) is 55.4 Å². The van der Waals surface area contributed by atoms with Crippen LogP contribution in [0.5, 0.6) is 0 Å². The Hall–Kier alpha value is -1.30. The Kier molecular flexibility index (Phi) is 5.08. The van der Waals surface area contributed by atoms with Gasteiger partial charge in [-0.1, -0.05) is 23.9 Å². The molecule has 0 fully saturated rings. The van der Waals surface area contributed by atoms with Crippen LogP contribution in [-0.2, 0) is 16.4 Å². The second-order valence-electron chi connectivity index (χ2n) is 4.98. The molecule has 21 heavy (non-hydrogen) atoms. The number of rotatable bonds is 5. The highest BCUT2D eigenvalue weighted by Gasteiger charge is 2.07. The first kappa shape index (κ1) is 16.1. The summed E-state index contributed by atoms with van der Waals surface area (Å²) in [6.45, 7) is 2.95. The van der Waals surface area contributed by atoms with Gasteiger partial charge in [0.2, 0.25) is 0 Å². The lowest BCUT2D eigenvalue weighted by Gasteiger charge is -2.08. The molecule has 0 radical (unpaired) electrons. The third-order valence-corrected chi connectivity index (χ3v) is 5.41. The minimum absolute atomic E-state index is 0.355. The molecule has 1 N–H and O–H groups in total. The molecule has 0 aliphatic rings. The average Bonchev–Trinajstić information content (AvgIpc) is 2.42. The lowest BCUT2D eigenvalue weighted by Crippen LogP contribution is -2.05. The molecule has 112 valence electrons. The molecular weight excluding hydrogens is 302 g/mol. The van der Waals surface area contributed by atoms with E-state index >= 15 is 0 Å². The Morgan fingerprint density at radius 2 is 1.76 bits per heavy atom. The van der Waals surface area contributed by atoms with Gasteiger partial charge in [-0.3, -0.25) is 0 Å². The minimum Gasteiger partial charge on any atom is -0.316 e. The van der Waals surface area contributed by atoms with E-state index in [9.17, 15) is 8.42 Å². The molecule has 3 nitrogen and oxygen atoms in total. The molecular formula is C16H19NO2S2. The molecule has 0 saturated heterocycles. The number of aryl methyl sites for hydroxylation is 1. The molecule has 0 unspecified atom stereocenters. The van der Waals surface area contributed by atoms with Crippen LogP contribution in [0.4, 0.5) is 0 Å². The predicted octanol–water partition coefficient (Wildman–Crippen LogP) is 3.27. The van der Waals surface area contributed by atoms with Gasteiger partial charge < -0.3 is 5.32 Å². The quantitative estimate of drug-likeness (QED) is 0.918. The highest BCUT2D eigenvalue weighted by atomic mass is 32.2. The lowest BCUT2D eigenvalue weighted by molar-refractivity contribution is 0.602. The molecule has 0 atom stereocenters. The average molecular weight is 321 g/mol. The van der Waals surface area contributed by atoms with E-state index in [4.69, 9.17) is 0 Å². The van der Waals surface area contributed by atoms with E-state index in [0.717, 1.165) is 11.4 Å². The zero-order valence-corrected chi connectivity index (χ0v) is 14.0. The number of benzene rings is 2. The zero-order chi connectivity index (χ0) is 15.5. The van der Waals surface area contributed by atoms with E-state index in [1.807, 2.05) is 19.2 Å². The molecule has 0 aliphatic heterocycles. The van der Waals surface area contributed by atoms with Crippen LogP contribution >= 0.6 is 11.8 Å². The van der Waals surface area contributed by atoms with E-state index in [0.29, 0.717) is 4.90 Å². The first-order valence-electron chi connectivity index (χ1n) is 6.62. The van der Waals surface area contributed by atoms with Gasteiger partial charge in [0, 0.05) is 22.6 Å². The standard InChI is InChI=1S/C16H19NO2S2/c1-12-10-13(11-17-2)4-9-16(12)20-14-5-7-15(8-6-14)21(3,18)19/h4-10,17H,11H2,1-3H3. The van der Waals surface area contributed by atoms with Crippen LogP contribution in [0.1, 0.15) is 11.1 Å². The van der Waals surface area contributed by atoms with Crippen molar-refractivity contribution >= 4 is 21.6 Å². The van der Waals surface area contributed by atoms with E-state index in [1.165, 1.54) is 22.3 Å². The summed E-state index contributed by atoms with van der Waals surface area (Å²) in [5, 5.41) is 3.14. The Bertz CT molecular complexity index is 722. The van der Waals surface area contributed by atoms with E-state index in [-0.39, 0.29) is 0 Å². The molecule has 5 heteroatoms. The van der Waals surface area contributed by atoms with Crippen molar-refractivity contribution < 1.29 is 8.42 Å². The summed E-state index contributed by atoms with van der Waals surface area (Å²) in [6.07, 6.45) is 1.22. The molecule has 2 rings (SSSR count). The van der Waals surface area contributed by atoms with Crippen molar-refractivity contribution in [3.8, 4) is 0 Å². The minimum atomic E-state index is -3.13. The van der Waals surface area contributed by atoms with Gasteiger partial charge in [-0.25, -0.2) is 8.42 Å². The van der Waals surface area contributed by atoms with Crippen molar-refractivity contribution in [2.24, 2.45) is 0 Å². The Balaban J connectivity index is 2.18. The highest BCUT2D eigenvalue weighted by Crippen LogP contribution is 2.31. The third-order valence-electron chi connectivity index (χ3n) is 3.10. The van der Waals surface area contributed by atoms with Crippen LogP contribution < -0.4 is 5.32 Å². The van der Waals surface area contributed by atoms with Crippen molar-refractivity contribution in [1.29, 1.82) is 0 Å². The molecule has 0 saturated carbocycles. The maximum atomic E-state index is 11.4. The van der Waals surface area contributed by atoms with Gasteiger partial charge in [-0.15, -0.1) is 0 Å². The summed E-state index contributed by atoms with van der Waals surface area (Å²) in [5.41, 5.74) is 2.48. The van der Waals surface area contributed by atoms with Gasteiger partial charge in [-0.2, -0.15) is 0 Å². The fourth-order valence-corrected chi connectivity index (χ4v) is 3.53. The first-order chi connectivity index (χ1) is 9.90. The molecule has 0 aromatic heterocycles. The second-order valence-corrected chi connectivity index (χ2v) is 8.11. The third kappa shape index (κ3) is 4.33. The van der Waals surface area contributed by atoms with Crippen LogP contribution in [0.15, 0.2) is 57.2 Å². The Morgan fingerprint density at radius 1 is 1.10 bits per heavy atom. The first-order valence-corrected chi connectivity index (χ1v) is 9.33. The molecule has 0 heterocycles. The van der Waals surface area contributed by atoms with Crippen molar-refractivity contribution in [3.63, 3.8) is 0 Å². The van der Waals surface area contributed by atoms with Gasteiger partial charge in [0.25, 0.3) is 0 Å². The molecule has 0 bridgehead atoms. The van der Waals surface area contributed by atoms with Crippen LogP contribution in [0.3, 0.4) is 0 Å². The van der Waals surface area contributed by atoms with Crippen molar-refractivity contribution in [3.05, 3.63) is 53.6 Å². The van der Waals surface area contributed by atoms with Gasteiger partial charge in [0.15, 0.2) is 9.84 Å². The summed E-state index contributed by atoms with van der Waals surface area (Å²) in [6, 6.07) is 13.4. The lowest BCUT2D eigenvalue weighted by atomic mass is 10.1. The Labute approximate surface area is 130 Å². The molecule has 2 aromatic carbocycles. The maximum Gasteiger partial charge on any atom is 0.175 e. The maximum absolute atomic E-state index is 11.4. The second kappa shape index (κ2) is 6.64. The SMILES string of the molecule is CNCc1ccc(Sc2ccc(S(C)(=O)=O)cc2)c(C)c1. The van der Waals surface area contributed by atoms with Crippen molar-refractivity contribution in [2.45, 2.75) is 28.2 Å². The Morgan fingerprint density at radius 3 is 2.29 bits per heavy atom. The molecule has 0 aliphatic carbocycles. The van der Waals surface area contributed by atoms with Crippen LogP contribution in [0, 0.1) is 6.92 Å². The summed E-state index contributed by atoms with van der Waals surface area (Å²) in [4.78, 5) is 2.57. The van der Waals surface area contributed by atoms with Gasteiger partial charge in [0.1, 0.15) is 0 Å². The van der Waals surface area contributed by atoms with E-state index < -0.39 is 9.84 Å².